The Bertz CT molecular complexity index is 789. The lowest BCUT2D eigenvalue weighted by atomic mass is 9.78. The summed E-state index contributed by atoms with van der Waals surface area (Å²) < 4.78 is 5.06. The summed E-state index contributed by atoms with van der Waals surface area (Å²) in [5.41, 5.74) is 1.28. The molecule has 4 rings (SSSR count). The van der Waals surface area contributed by atoms with Crippen molar-refractivity contribution in [3.8, 4) is 0 Å². The number of likely N-dealkylation sites (tertiary alicyclic amines) is 2. The van der Waals surface area contributed by atoms with Gasteiger partial charge in [-0.1, -0.05) is 5.16 Å². The molecule has 0 aromatic carbocycles. The first kappa shape index (κ1) is 19.0. The summed E-state index contributed by atoms with van der Waals surface area (Å²) in [6.07, 6.45) is 7.82. The highest BCUT2D eigenvalue weighted by molar-refractivity contribution is 5.92. The highest BCUT2D eigenvalue weighted by Crippen LogP contribution is 2.33. The highest BCUT2D eigenvalue weighted by atomic mass is 16.5. The van der Waals surface area contributed by atoms with Gasteiger partial charge in [-0.15, -0.1) is 0 Å². The summed E-state index contributed by atoms with van der Waals surface area (Å²) in [5.74, 6) is 2.88. The second-order valence-corrected chi connectivity index (χ2v) is 8.02. The first-order valence-electron chi connectivity index (χ1n) is 10.2. The summed E-state index contributed by atoms with van der Waals surface area (Å²) in [4.78, 5) is 29.7. The van der Waals surface area contributed by atoms with Gasteiger partial charge in [-0.2, -0.15) is 4.98 Å². The number of carbonyl (C=O) groups is 1. The predicted octanol–water partition coefficient (Wildman–Crippen LogP) is 2.24. The molecule has 150 valence electrons. The number of carbonyl (C=O) groups excluding carboxylic acids is 1. The number of nitrogens with zero attached hydrogens (tertiary/aromatic N) is 6. The van der Waals surface area contributed by atoms with E-state index in [9.17, 15) is 4.79 Å². The maximum absolute atomic E-state index is 12.6. The molecule has 28 heavy (non-hydrogen) atoms. The van der Waals surface area contributed by atoms with Crippen LogP contribution < -0.4 is 0 Å². The molecule has 2 aliphatic heterocycles. The fraction of sp³-hybridized carbons (Fsp3) is 0.650. The van der Waals surface area contributed by atoms with Gasteiger partial charge in [-0.3, -0.25) is 14.7 Å². The molecular weight excluding hydrogens is 356 g/mol. The van der Waals surface area contributed by atoms with Gasteiger partial charge < -0.3 is 9.42 Å². The average Bonchev–Trinajstić information content (AvgIpc) is 3.13. The number of piperidine rings is 2. The Balaban J connectivity index is 1.23. The summed E-state index contributed by atoms with van der Waals surface area (Å²) in [6, 6.07) is 0. The molecule has 0 radical (unpaired) electrons. The van der Waals surface area contributed by atoms with Gasteiger partial charge in [0.25, 0.3) is 5.91 Å². The van der Waals surface area contributed by atoms with Gasteiger partial charge in [0.1, 0.15) is 5.69 Å². The number of rotatable bonds is 4. The monoisotopic (exact) mass is 384 g/mol. The molecule has 2 aliphatic rings. The largest absolute Gasteiger partial charge is 0.340 e. The Kier molecular flexibility index (Phi) is 5.66. The van der Waals surface area contributed by atoms with Crippen LogP contribution in [0.25, 0.3) is 0 Å². The minimum atomic E-state index is 0.0103. The van der Waals surface area contributed by atoms with E-state index in [0.29, 0.717) is 17.5 Å². The van der Waals surface area contributed by atoms with E-state index in [0.717, 1.165) is 63.0 Å². The Hall–Kier alpha value is -2.35. The maximum atomic E-state index is 12.6. The summed E-state index contributed by atoms with van der Waals surface area (Å²) in [6.45, 7) is 8.27. The third-order valence-electron chi connectivity index (χ3n) is 6.06. The molecule has 0 aliphatic carbocycles. The van der Waals surface area contributed by atoms with Crippen LogP contribution in [-0.4, -0.2) is 62.0 Å². The van der Waals surface area contributed by atoms with Crippen molar-refractivity contribution in [2.24, 2.45) is 11.8 Å². The zero-order chi connectivity index (χ0) is 19.5. The van der Waals surface area contributed by atoms with Crippen molar-refractivity contribution in [1.82, 2.24) is 29.9 Å². The lowest BCUT2D eigenvalue weighted by molar-refractivity contribution is 0.0591. The van der Waals surface area contributed by atoms with Crippen LogP contribution in [0.2, 0.25) is 0 Å². The van der Waals surface area contributed by atoms with Crippen LogP contribution in [-0.2, 0) is 6.54 Å². The fourth-order valence-electron chi connectivity index (χ4n) is 4.43. The molecule has 0 saturated carbocycles. The van der Waals surface area contributed by atoms with E-state index >= 15 is 0 Å². The van der Waals surface area contributed by atoms with E-state index < -0.39 is 0 Å². The molecule has 0 N–H and O–H groups in total. The first-order chi connectivity index (χ1) is 13.6. The van der Waals surface area contributed by atoms with E-state index in [1.807, 2.05) is 18.7 Å². The SMILES string of the molecule is Cc1cnc(C(=O)N2CCC(C3CCN(Cc4noc(C)n4)CC3)CC2)cn1. The summed E-state index contributed by atoms with van der Waals surface area (Å²) in [5, 5.41) is 4.00. The van der Waals surface area contributed by atoms with Crippen molar-refractivity contribution >= 4 is 5.91 Å². The van der Waals surface area contributed by atoms with Crippen molar-refractivity contribution in [1.29, 1.82) is 0 Å². The molecule has 0 atom stereocenters. The molecular formula is C20H28N6O2. The Labute approximate surface area is 165 Å². The van der Waals surface area contributed by atoms with Crippen molar-refractivity contribution in [3.05, 3.63) is 35.5 Å². The number of aryl methyl sites for hydroxylation is 2. The molecule has 8 nitrogen and oxygen atoms in total. The highest BCUT2D eigenvalue weighted by Gasteiger charge is 2.31. The Morgan fingerprint density at radius 2 is 1.71 bits per heavy atom. The van der Waals surface area contributed by atoms with E-state index in [1.165, 1.54) is 12.8 Å². The lowest BCUT2D eigenvalue weighted by Gasteiger charge is -2.39. The molecule has 2 aromatic heterocycles. The molecule has 0 spiro atoms. The lowest BCUT2D eigenvalue weighted by Crippen LogP contribution is -2.43. The van der Waals surface area contributed by atoms with Gasteiger partial charge in [-0.25, -0.2) is 4.98 Å². The van der Waals surface area contributed by atoms with E-state index in [2.05, 4.69) is 25.0 Å². The normalized spacial score (nSPS) is 19.9. The van der Waals surface area contributed by atoms with Crippen molar-refractivity contribution in [2.75, 3.05) is 26.2 Å². The molecule has 1 amide bonds. The molecule has 4 heterocycles. The van der Waals surface area contributed by atoms with Gasteiger partial charge in [-0.05, 0) is 57.5 Å². The van der Waals surface area contributed by atoms with Gasteiger partial charge in [0.05, 0.1) is 18.4 Å². The molecule has 2 fully saturated rings. The minimum absolute atomic E-state index is 0.0103. The van der Waals surface area contributed by atoms with Crippen LogP contribution in [0.4, 0.5) is 0 Å². The number of amides is 1. The number of hydrogen-bond acceptors (Lipinski definition) is 7. The molecule has 2 saturated heterocycles. The Morgan fingerprint density at radius 3 is 2.29 bits per heavy atom. The predicted molar refractivity (Wildman–Crippen MR) is 102 cm³/mol. The molecule has 0 unspecified atom stereocenters. The first-order valence-corrected chi connectivity index (χ1v) is 10.2. The van der Waals surface area contributed by atoms with Gasteiger partial charge in [0.2, 0.25) is 5.89 Å². The van der Waals surface area contributed by atoms with E-state index in [1.54, 1.807) is 12.4 Å². The third-order valence-corrected chi connectivity index (χ3v) is 6.06. The second-order valence-electron chi connectivity index (χ2n) is 8.02. The van der Waals surface area contributed by atoms with Crippen LogP contribution in [0.15, 0.2) is 16.9 Å². The Morgan fingerprint density at radius 1 is 1.04 bits per heavy atom. The minimum Gasteiger partial charge on any atom is -0.340 e. The smallest absolute Gasteiger partial charge is 0.274 e. The molecule has 8 heteroatoms. The van der Waals surface area contributed by atoms with Gasteiger partial charge in [0, 0.05) is 26.2 Å². The molecule has 2 aromatic rings. The quantitative estimate of drug-likeness (QED) is 0.799. The molecule has 0 bridgehead atoms. The number of aromatic nitrogens is 4. The summed E-state index contributed by atoms with van der Waals surface area (Å²) in [7, 11) is 0. The van der Waals surface area contributed by atoms with Crippen LogP contribution in [0.5, 0.6) is 0 Å². The van der Waals surface area contributed by atoms with Crippen LogP contribution in [0.1, 0.15) is 53.6 Å². The fourth-order valence-corrected chi connectivity index (χ4v) is 4.43. The standard InChI is InChI=1S/C20H28N6O2/c1-14-11-22-18(12-21-14)20(27)26-9-5-17(6-10-26)16-3-7-25(8-4-16)13-19-23-15(2)28-24-19/h11-12,16-17H,3-10,13H2,1-2H3. The summed E-state index contributed by atoms with van der Waals surface area (Å²) >= 11 is 0. The van der Waals surface area contributed by atoms with E-state index in [-0.39, 0.29) is 5.91 Å². The second kappa shape index (κ2) is 8.34. The van der Waals surface area contributed by atoms with Crippen LogP contribution in [0.3, 0.4) is 0 Å². The van der Waals surface area contributed by atoms with Crippen LogP contribution >= 0.6 is 0 Å². The zero-order valence-electron chi connectivity index (χ0n) is 16.7. The topological polar surface area (TPSA) is 88.3 Å². The van der Waals surface area contributed by atoms with Gasteiger partial charge in [0.15, 0.2) is 5.82 Å². The maximum Gasteiger partial charge on any atom is 0.274 e. The van der Waals surface area contributed by atoms with Crippen molar-refractivity contribution in [2.45, 2.75) is 46.1 Å². The average molecular weight is 384 g/mol. The van der Waals surface area contributed by atoms with Crippen molar-refractivity contribution < 1.29 is 9.32 Å². The third kappa shape index (κ3) is 4.38. The van der Waals surface area contributed by atoms with Crippen LogP contribution in [0, 0.1) is 25.7 Å². The van der Waals surface area contributed by atoms with Gasteiger partial charge >= 0.3 is 0 Å². The zero-order valence-corrected chi connectivity index (χ0v) is 16.7. The van der Waals surface area contributed by atoms with E-state index in [4.69, 9.17) is 4.52 Å². The van der Waals surface area contributed by atoms with Crippen molar-refractivity contribution in [3.63, 3.8) is 0 Å². The number of hydrogen-bond donors (Lipinski definition) is 0.